The van der Waals surface area contributed by atoms with Crippen LogP contribution in [0.2, 0.25) is 0 Å². The number of thioether (sulfide) groups is 1. The van der Waals surface area contributed by atoms with E-state index in [1.54, 1.807) is 23.9 Å². The van der Waals surface area contributed by atoms with Gasteiger partial charge in [-0.15, -0.1) is 16.9 Å². The summed E-state index contributed by atoms with van der Waals surface area (Å²) in [5.41, 5.74) is 6.44. The van der Waals surface area contributed by atoms with E-state index in [0.29, 0.717) is 10.8 Å². The van der Waals surface area contributed by atoms with Crippen molar-refractivity contribution in [2.75, 3.05) is 5.73 Å². The predicted molar refractivity (Wildman–Crippen MR) is 60.3 cm³/mol. The second-order valence-corrected chi connectivity index (χ2v) is 4.66. The zero-order valence-corrected chi connectivity index (χ0v) is 9.32. The topological polar surface area (TPSA) is 51.8 Å². The number of hydrogen-bond donors (Lipinski definition) is 1. The third kappa shape index (κ3) is 2.66. The maximum Gasteiger partial charge on any atom is 0.131 e. The molecule has 2 N–H and O–H groups in total. The molecule has 78 valence electrons. The Balaban J connectivity index is 1.99. The molecule has 2 aromatic rings. The summed E-state index contributed by atoms with van der Waals surface area (Å²) >= 11 is 2.74. The summed E-state index contributed by atoms with van der Waals surface area (Å²) in [6.07, 6.45) is 0. The van der Waals surface area contributed by atoms with Crippen LogP contribution in [0.15, 0.2) is 29.2 Å². The summed E-state index contributed by atoms with van der Waals surface area (Å²) < 4.78 is 16.4. The Morgan fingerprint density at radius 3 is 2.67 bits per heavy atom. The number of rotatable bonds is 3. The van der Waals surface area contributed by atoms with Gasteiger partial charge in [0.1, 0.15) is 16.5 Å². The van der Waals surface area contributed by atoms with Crippen LogP contribution >= 0.6 is 23.3 Å². The van der Waals surface area contributed by atoms with Crippen molar-refractivity contribution in [3.63, 3.8) is 0 Å². The maximum atomic E-state index is 12.6. The normalized spacial score (nSPS) is 10.5. The van der Waals surface area contributed by atoms with Crippen LogP contribution in [0.1, 0.15) is 5.69 Å². The van der Waals surface area contributed by atoms with Gasteiger partial charge in [-0.25, -0.2) is 4.39 Å². The van der Waals surface area contributed by atoms with Gasteiger partial charge < -0.3 is 5.73 Å². The molecule has 0 saturated carbocycles. The number of hydrogen-bond acceptors (Lipinski definition) is 5. The highest BCUT2D eigenvalue weighted by Gasteiger charge is 2.04. The molecule has 0 atom stereocenters. The molecule has 0 bridgehead atoms. The molecule has 0 aliphatic carbocycles. The molecule has 1 heterocycles. The number of benzene rings is 1. The van der Waals surface area contributed by atoms with Gasteiger partial charge in [-0.3, -0.25) is 0 Å². The minimum atomic E-state index is -0.228. The third-order valence-corrected chi connectivity index (χ3v) is 3.39. The maximum absolute atomic E-state index is 12.6. The van der Waals surface area contributed by atoms with Crippen molar-refractivity contribution in [3.8, 4) is 0 Å². The third-order valence-electron chi connectivity index (χ3n) is 1.77. The first-order valence-electron chi connectivity index (χ1n) is 4.21. The highest BCUT2D eigenvalue weighted by Crippen LogP contribution is 2.25. The Kier molecular flexibility index (Phi) is 3.17. The van der Waals surface area contributed by atoms with E-state index < -0.39 is 0 Å². The van der Waals surface area contributed by atoms with Gasteiger partial charge >= 0.3 is 0 Å². The summed E-state index contributed by atoms with van der Waals surface area (Å²) in [5, 5.41) is 4.54. The molecular weight excluding hydrogens is 233 g/mol. The van der Waals surface area contributed by atoms with Gasteiger partial charge in [0.05, 0.1) is 0 Å². The smallest absolute Gasteiger partial charge is 0.131 e. The molecule has 0 aliphatic heterocycles. The molecule has 2 rings (SSSR count). The lowest BCUT2D eigenvalue weighted by Crippen LogP contribution is -1.88. The van der Waals surface area contributed by atoms with E-state index in [2.05, 4.69) is 9.59 Å². The van der Waals surface area contributed by atoms with Crippen molar-refractivity contribution in [2.24, 2.45) is 0 Å². The summed E-state index contributed by atoms with van der Waals surface area (Å²) in [6, 6.07) is 6.34. The average Bonchev–Trinajstić information content (AvgIpc) is 2.63. The second kappa shape index (κ2) is 4.59. The molecule has 0 unspecified atom stereocenters. The molecule has 0 radical (unpaired) electrons. The van der Waals surface area contributed by atoms with E-state index in [4.69, 9.17) is 5.73 Å². The zero-order chi connectivity index (χ0) is 10.7. The number of nitrogens with two attached hydrogens (primary N) is 1. The molecule has 0 spiro atoms. The van der Waals surface area contributed by atoms with Crippen LogP contribution in [-0.4, -0.2) is 9.59 Å². The number of nitrogen functional groups attached to an aromatic ring is 1. The predicted octanol–water partition coefficient (Wildman–Crippen LogP) is 2.55. The molecule has 3 nitrogen and oxygen atoms in total. The average molecular weight is 241 g/mol. The Morgan fingerprint density at radius 2 is 2.07 bits per heavy atom. The molecule has 1 aromatic carbocycles. The minimum Gasteiger partial charge on any atom is -0.388 e. The van der Waals surface area contributed by atoms with E-state index in [9.17, 15) is 4.39 Å². The van der Waals surface area contributed by atoms with Crippen molar-refractivity contribution < 1.29 is 4.39 Å². The fraction of sp³-hybridized carbons (Fsp3) is 0.111. The summed E-state index contributed by atoms with van der Waals surface area (Å²) in [4.78, 5) is 0.990. The Hall–Kier alpha value is -1.14. The van der Waals surface area contributed by atoms with Crippen molar-refractivity contribution in [1.29, 1.82) is 0 Å². The lowest BCUT2D eigenvalue weighted by atomic mass is 10.4. The fourth-order valence-electron chi connectivity index (χ4n) is 0.998. The van der Waals surface area contributed by atoms with Gasteiger partial charge in [0, 0.05) is 22.2 Å². The molecule has 6 heteroatoms. The Bertz CT molecular complexity index is 441. The molecule has 0 saturated heterocycles. The highest BCUT2D eigenvalue weighted by molar-refractivity contribution is 7.98. The van der Waals surface area contributed by atoms with Crippen molar-refractivity contribution in [2.45, 2.75) is 10.6 Å². The van der Waals surface area contributed by atoms with Crippen LogP contribution in [0, 0.1) is 5.82 Å². The standard InChI is InChI=1S/C9H8FN3S2/c10-6-1-3-7(4-2-6)14-5-8-9(11)15-13-12-8/h1-4H,5,11H2. The largest absolute Gasteiger partial charge is 0.388 e. The van der Waals surface area contributed by atoms with E-state index in [1.165, 1.54) is 23.7 Å². The minimum absolute atomic E-state index is 0.228. The van der Waals surface area contributed by atoms with Crippen LogP contribution in [0.4, 0.5) is 9.39 Å². The van der Waals surface area contributed by atoms with E-state index in [0.717, 1.165) is 10.6 Å². The van der Waals surface area contributed by atoms with E-state index >= 15 is 0 Å². The summed E-state index contributed by atoms with van der Waals surface area (Å²) in [6.45, 7) is 0. The number of aromatic nitrogens is 2. The Labute approximate surface area is 94.7 Å². The highest BCUT2D eigenvalue weighted by atomic mass is 32.2. The fourth-order valence-corrected chi connectivity index (χ4v) is 2.38. The molecule has 0 aliphatic rings. The van der Waals surface area contributed by atoms with E-state index in [1.807, 2.05) is 0 Å². The first kappa shape index (κ1) is 10.4. The van der Waals surface area contributed by atoms with Gasteiger partial charge in [0.15, 0.2) is 0 Å². The zero-order valence-electron chi connectivity index (χ0n) is 7.68. The first-order chi connectivity index (χ1) is 7.25. The number of nitrogens with zero attached hydrogens (tertiary/aromatic N) is 2. The van der Waals surface area contributed by atoms with Gasteiger partial charge in [0.2, 0.25) is 0 Å². The molecule has 1 aromatic heterocycles. The van der Waals surface area contributed by atoms with Crippen molar-refractivity contribution >= 4 is 28.3 Å². The summed E-state index contributed by atoms with van der Waals surface area (Å²) in [7, 11) is 0. The van der Waals surface area contributed by atoms with Gasteiger partial charge in [-0.05, 0) is 24.3 Å². The molecule has 0 fully saturated rings. The quantitative estimate of drug-likeness (QED) is 0.839. The lowest BCUT2D eigenvalue weighted by Gasteiger charge is -1.99. The number of anilines is 1. The monoisotopic (exact) mass is 241 g/mol. The molecule has 0 amide bonds. The van der Waals surface area contributed by atoms with Crippen LogP contribution in [0.3, 0.4) is 0 Å². The van der Waals surface area contributed by atoms with Gasteiger partial charge in [-0.2, -0.15) is 0 Å². The molecular formula is C9H8FN3S2. The SMILES string of the molecule is Nc1snnc1CSc1ccc(F)cc1. The Morgan fingerprint density at radius 1 is 1.33 bits per heavy atom. The van der Waals surface area contributed by atoms with E-state index in [-0.39, 0.29) is 5.82 Å². The van der Waals surface area contributed by atoms with Crippen LogP contribution in [-0.2, 0) is 5.75 Å². The summed E-state index contributed by atoms with van der Waals surface area (Å²) in [5.74, 6) is 0.433. The number of halogens is 1. The second-order valence-electron chi connectivity index (χ2n) is 2.83. The van der Waals surface area contributed by atoms with Gasteiger partial charge in [0.25, 0.3) is 0 Å². The van der Waals surface area contributed by atoms with Crippen LogP contribution in [0.25, 0.3) is 0 Å². The van der Waals surface area contributed by atoms with Gasteiger partial charge in [-0.1, -0.05) is 4.49 Å². The van der Waals surface area contributed by atoms with Crippen molar-refractivity contribution in [3.05, 3.63) is 35.8 Å². The first-order valence-corrected chi connectivity index (χ1v) is 5.96. The lowest BCUT2D eigenvalue weighted by molar-refractivity contribution is 0.626. The van der Waals surface area contributed by atoms with Crippen LogP contribution in [0.5, 0.6) is 0 Å². The van der Waals surface area contributed by atoms with Crippen LogP contribution < -0.4 is 5.73 Å². The van der Waals surface area contributed by atoms with Crippen molar-refractivity contribution in [1.82, 2.24) is 9.59 Å². The molecule has 15 heavy (non-hydrogen) atoms.